The van der Waals surface area contributed by atoms with E-state index in [1.165, 1.54) is 4.90 Å². The Labute approximate surface area is 153 Å². The molecular formula is C17H26ClN3O4. The molecule has 4 fully saturated rings. The highest BCUT2D eigenvalue weighted by Crippen LogP contribution is 2.48. The second kappa shape index (κ2) is 6.85. The van der Waals surface area contributed by atoms with E-state index in [9.17, 15) is 14.4 Å². The van der Waals surface area contributed by atoms with Gasteiger partial charge in [0, 0.05) is 18.6 Å². The largest absolute Gasteiger partial charge is 0.373 e. The summed E-state index contributed by atoms with van der Waals surface area (Å²) in [5.74, 6) is -1.34. The lowest BCUT2D eigenvalue weighted by Gasteiger charge is -2.38. The number of rotatable bonds is 3. The van der Waals surface area contributed by atoms with Crippen LogP contribution in [0.4, 0.5) is 0 Å². The zero-order chi connectivity index (χ0) is 17.0. The molecule has 4 aliphatic rings. The minimum atomic E-state index is -0.366. The normalized spacial score (nSPS) is 37.9. The molecule has 4 saturated heterocycles. The molecule has 0 aromatic rings. The summed E-state index contributed by atoms with van der Waals surface area (Å²) in [7, 11) is 0. The van der Waals surface area contributed by atoms with Gasteiger partial charge in [-0.1, -0.05) is 0 Å². The van der Waals surface area contributed by atoms with Crippen molar-refractivity contribution in [3.05, 3.63) is 0 Å². The van der Waals surface area contributed by atoms with Crippen molar-refractivity contribution < 1.29 is 19.1 Å². The van der Waals surface area contributed by atoms with Crippen LogP contribution in [0.3, 0.4) is 0 Å². The summed E-state index contributed by atoms with van der Waals surface area (Å²) < 4.78 is 5.72. The summed E-state index contributed by atoms with van der Waals surface area (Å²) in [5.41, 5.74) is 6.02. The van der Waals surface area contributed by atoms with E-state index in [1.807, 2.05) is 6.92 Å². The van der Waals surface area contributed by atoms with E-state index in [0.29, 0.717) is 6.54 Å². The van der Waals surface area contributed by atoms with E-state index in [1.54, 1.807) is 4.90 Å². The molecule has 0 aromatic heterocycles. The van der Waals surface area contributed by atoms with Crippen LogP contribution in [0, 0.1) is 11.8 Å². The first kappa shape index (κ1) is 18.6. The first-order chi connectivity index (χ1) is 11.5. The third-order valence-electron chi connectivity index (χ3n) is 6.15. The Morgan fingerprint density at radius 1 is 1.16 bits per heavy atom. The Hall–Kier alpha value is -1.18. The van der Waals surface area contributed by atoms with E-state index in [4.69, 9.17) is 10.5 Å². The lowest BCUT2D eigenvalue weighted by molar-refractivity contribution is -0.150. The van der Waals surface area contributed by atoms with Gasteiger partial charge in [-0.05, 0) is 39.0 Å². The number of fused-ring (bicyclic) bond motifs is 5. The SMILES string of the molecule is CC(N)C1CCCCN1C(=O)CN1C(=O)C2C3CCC(O3)C2C1=O.Cl. The van der Waals surface area contributed by atoms with Gasteiger partial charge >= 0.3 is 0 Å². The summed E-state index contributed by atoms with van der Waals surface area (Å²) in [6, 6.07) is -0.110. The molecule has 6 atom stereocenters. The number of nitrogens with two attached hydrogens (primary N) is 1. The molecule has 140 valence electrons. The number of halogens is 1. The maximum absolute atomic E-state index is 12.8. The van der Waals surface area contributed by atoms with Gasteiger partial charge in [-0.2, -0.15) is 0 Å². The highest BCUT2D eigenvalue weighted by atomic mass is 35.5. The molecule has 7 nitrogen and oxygen atoms in total. The first-order valence-corrected chi connectivity index (χ1v) is 9.04. The number of imide groups is 1. The van der Waals surface area contributed by atoms with Crippen LogP contribution in [0.5, 0.6) is 0 Å². The minimum absolute atomic E-state index is 0. The van der Waals surface area contributed by atoms with Crippen molar-refractivity contribution in [3.63, 3.8) is 0 Å². The fourth-order valence-corrected chi connectivity index (χ4v) is 4.97. The van der Waals surface area contributed by atoms with Crippen LogP contribution in [-0.4, -0.2) is 64.9 Å². The fraction of sp³-hybridized carbons (Fsp3) is 0.824. The molecule has 2 N–H and O–H groups in total. The molecule has 0 aromatic carbocycles. The van der Waals surface area contributed by atoms with Crippen LogP contribution >= 0.6 is 12.4 Å². The summed E-state index contributed by atoms with van der Waals surface area (Å²) in [4.78, 5) is 41.0. The summed E-state index contributed by atoms with van der Waals surface area (Å²) >= 11 is 0. The molecular weight excluding hydrogens is 346 g/mol. The van der Waals surface area contributed by atoms with E-state index in [0.717, 1.165) is 32.1 Å². The summed E-state index contributed by atoms with van der Waals surface area (Å²) in [6.45, 7) is 2.41. The number of hydrogen-bond acceptors (Lipinski definition) is 5. The topological polar surface area (TPSA) is 92.9 Å². The molecule has 0 spiro atoms. The van der Waals surface area contributed by atoms with E-state index >= 15 is 0 Å². The van der Waals surface area contributed by atoms with Crippen LogP contribution in [0.15, 0.2) is 0 Å². The Balaban J connectivity index is 0.00000182. The van der Waals surface area contributed by atoms with Crippen molar-refractivity contribution in [3.8, 4) is 0 Å². The van der Waals surface area contributed by atoms with Crippen molar-refractivity contribution in [1.29, 1.82) is 0 Å². The number of nitrogens with zero attached hydrogens (tertiary/aromatic N) is 2. The van der Waals surface area contributed by atoms with Gasteiger partial charge in [0.2, 0.25) is 17.7 Å². The second-order valence-corrected chi connectivity index (χ2v) is 7.61. The molecule has 0 aliphatic carbocycles. The Bertz CT molecular complexity index is 556. The van der Waals surface area contributed by atoms with Crippen molar-refractivity contribution in [2.45, 2.75) is 63.3 Å². The molecule has 4 aliphatic heterocycles. The number of ether oxygens (including phenoxy) is 1. The maximum Gasteiger partial charge on any atom is 0.243 e. The number of amides is 3. The third kappa shape index (κ3) is 2.86. The highest BCUT2D eigenvalue weighted by Gasteiger charge is 2.62. The summed E-state index contributed by atoms with van der Waals surface area (Å²) in [6.07, 6.45) is 4.29. The zero-order valence-corrected chi connectivity index (χ0v) is 15.2. The number of hydrogen-bond donors (Lipinski definition) is 1. The fourth-order valence-electron chi connectivity index (χ4n) is 4.97. The molecule has 2 bridgehead atoms. The van der Waals surface area contributed by atoms with Crippen LogP contribution in [0.25, 0.3) is 0 Å². The van der Waals surface area contributed by atoms with Crippen LogP contribution in [-0.2, 0) is 19.1 Å². The molecule has 4 heterocycles. The van der Waals surface area contributed by atoms with Crippen molar-refractivity contribution in [2.24, 2.45) is 17.6 Å². The zero-order valence-electron chi connectivity index (χ0n) is 14.4. The number of likely N-dealkylation sites (tertiary alicyclic amines) is 2. The van der Waals surface area contributed by atoms with Crippen molar-refractivity contribution >= 4 is 30.1 Å². The standard InChI is InChI=1S/C17H25N3O4.ClH/c1-9(18)10-4-2-3-7-19(10)13(21)8-20-16(22)14-11-5-6-12(24-11)15(14)17(20)23;/h9-12,14-15H,2-8,18H2,1H3;1H. The van der Waals surface area contributed by atoms with Gasteiger partial charge in [0.25, 0.3) is 0 Å². The average molecular weight is 372 g/mol. The van der Waals surface area contributed by atoms with E-state index in [-0.39, 0.29) is 72.8 Å². The molecule has 0 saturated carbocycles. The first-order valence-electron chi connectivity index (χ1n) is 9.04. The Kier molecular flexibility index (Phi) is 5.10. The van der Waals surface area contributed by atoms with Crippen molar-refractivity contribution in [2.75, 3.05) is 13.1 Å². The smallest absolute Gasteiger partial charge is 0.243 e. The number of piperidine rings is 1. The van der Waals surface area contributed by atoms with Gasteiger partial charge in [0.05, 0.1) is 24.0 Å². The lowest BCUT2D eigenvalue weighted by atomic mass is 9.81. The molecule has 8 heteroatoms. The van der Waals surface area contributed by atoms with Crippen LogP contribution in [0.2, 0.25) is 0 Å². The predicted molar refractivity (Wildman–Crippen MR) is 91.8 cm³/mol. The Morgan fingerprint density at radius 3 is 2.32 bits per heavy atom. The molecule has 3 amide bonds. The summed E-state index contributed by atoms with van der Waals surface area (Å²) in [5, 5.41) is 0. The number of carbonyl (C=O) groups excluding carboxylic acids is 3. The van der Waals surface area contributed by atoms with Gasteiger partial charge in [-0.25, -0.2) is 0 Å². The van der Waals surface area contributed by atoms with Gasteiger partial charge < -0.3 is 15.4 Å². The third-order valence-corrected chi connectivity index (χ3v) is 6.15. The van der Waals surface area contributed by atoms with Gasteiger partial charge in [0.1, 0.15) is 6.54 Å². The highest BCUT2D eigenvalue weighted by molar-refractivity contribution is 6.08. The van der Waals surface area contributed by atoms with Gasteiger partial charge in [-0.3, -0.25) is 19.3 Å². The predicted octanol–water partition coefficient (Wildman–Crippen LogP) is 0.299. The lowest BCUT2D eigenvalue weighted by Crippen LogP contribution is -2.54. The minimum Gasteiger partial charge on any atom is -0.373 e. The van der Waals surface area contributed by atoms with Crippen LogP contribution in [0.1, 0.15) is 39.0 Å². The molecule has 0 radical (unpaired) electrons. The average Bonchev–Trinajstić information content (AvgIpc) is 3.24. The van der Waals surface area contributed by atoms with Crippen molar-refractivity contribution in [1.82, 2.24) is 9.80 Å². The number of carbonyl (C=O) groups is 3. The van der Waals surface area contributed by atoms with Gasteiger partial charge in [0.15, 0.2) is 0 Å². The quantitative estimate of drug-likeness (QED) is 0.720. The van der Waals surface area contributed by atoms with Crippen LogP contribution < -0.4 is 5.73 Å². The molecule has 6 unspecified atom stereocenters. The molecule has 4 rings (SSSR count). The maximum atomic E-state index is 12.8. The second-order valence-electron chi connectivity index (χ2n) is 7.61. The van der Waals surface area contributed by atoms with Gasteiger partial charge in [-0.15, -0.1) is 12.4 Å². The Morgan fingerprint density at radius 2 is 1.76 bits per heavy atom. The van der Waals surface area contributed by atoms with E-state index in [2.05, 4.69) is 0 Å². The monoisotopic (exact) mass is 371 g/mol. The molecule has 25 heavy (non-hydrogen) atoms. The van der Waals surface area contributed by atoms with E-state index < -0.39 is 0 Å².